The van der Waals surface area contributed by atoms with Gasteiger partial charge in [0.25, 0.3) is 0 Å². The second kappa shape index (κ2) is 5.66. The first-order chi connectivity index (χ1) is 9.02. The molecule has 1 aromatic rings. The van der Waals surface area contributed by atoms with E-state index in [1.165, 1.54) is 0 Å². The molecule has 19 heavy (non-hydrogen) atoms. The molecule has 0 aliphatic carbocycles. The van der Waals surface area contributed by atoms with Gasteiger partial charge in [-0.25, -0.2) is 4.79 Å². The van der Waals surface area contributed by atoms with Gasteiger partial charge in [-0.3, -0.25) is 0 Å². The van der Waals surface area contributed by atoms with E-state index in [2.05, 4.69) is 18.3 Å². The number of nitrogens with one attached hydrogen (secondary N) is 1. The van der Waals surface area contributed by atoms with Gasteiger partial charge in [0.1, 0.15) is 0 Å². The zero-order chi connectivity index (χ0) is 14.0. The van der Waals surface area contributed by atoms with Gasteiger partial charge in [0.2, 0.25) is 0 Å². The van der Waals surface area contributed by atoms with Crippen LogP contribution in [-0.2, 0) is 0 Å². The van der Waals surface area contributed by atoms with Gasteiger partial charge in [0.15, 0.2) is 0 Å². The molecule has 1 aromatic carbocycles. The van der Waals surface area contributed by atoms with Crippen molar-refractivity contribution in [2.24, 2.45) is 0 Å². The first kappa shape index (κ1) is 13.9. The minimum Gasteiger partial charge on any atom is -0.314 e. The quantitative estimate of drug-likeness (QED) is 0.810. The number of carbonyl (C=O) groups is 1. The Kier molecular flexibility index (Phi) is 4.15. The van der Waals surface area contributed by atoms with E-state index in [1.54, 1.807) is 0 Å². The highest BCUT2D eigenvalue weighted by molar-refractivity contribution is 6.34. The number of halogens is 1. The van der Waals surface area contributed by atoms with E-state index in [-0.39, 0.29) is 12.1 Å². The lowest BCUT2D eigenvalue weighted by Crippen LogP contribution is -2.39. The summed E-state index contributed by atoms with van der Waals surface area (Å²) in [5, 5.41) is 3.52. The Morgan fingerprint density at radius 1 is 1.47 bits per heavy atom. The van der Waals surface area contributed by atoms with Crippen LogP contribution in [0.2, 0.25) is 5.02 Å². The fourth-order valence-corrected chi connectivity index (χ4v) is 2.78. The summed E-state index contributed by atoms with van der Waals surface area (Å²) in [6.07, 6.45) is 5.02. The normalized spacial score (nSPS) is 17.9. The molecule has 0 radical (unpaired) electrons. The van der Waals surface area contributed by atoms with Crippen LogP contribution in [-0.4, -0.2) is 23.5 Å². The molecule has 4 heteroatoms. The molecule has 0 aromatic heterocycles. The maximum atomic E-state index is 12.3. The SMILES string of the molecule is CC[C@@H]1C=CCN1C(=O)Nc1c(C)cc(C)cc1Cl. The zero-order valence-electron chi connectivity index (χ0n) is 11.5. The predicted octanol–water partition coefficient (Wildman–Crippen LogP) is 4.14. The van der Waals surface area contributed by atoms with E-state index < -0.39 is 0 Å². The van der Waals surface area contributed by atoms with Crippen LogP contribution in [0.4, 0.5) is 10.5 Å². The van der Waals surface area contributed by atoms with Gasteiger partial charge in [-0.15, -0.1) is 0 Å². The van der Waals surface area contributed by atoms with Crippen molar-refractivity contribution in [2.45, 2.75) is 33.2 Å². The molecule has 0 saturated heterocycles. The molecule has 2 rings (SSSR count). The number of nitrogens with zero attached hydrogens (tertiary/aromatic N) is 1. The molecular formula is C15H19ClN2O. The lowest BCUT2D eigenvalue weighted by Gasteiger charge is -2.24. The van der Waals surface area contributed by atoms with Gasteiger partial charge in [0.05, 0.1) is 16.8 Å². The Labute approximate surface area is 119 Å². The van der Waals surface area contributed by atoms with Crippen molar-refractivity contribution in [3.63, 3.8) is 0 Å². The van der Waals surface area contributed by atoms with Crippen LogP contribution in [0, 0.1) is 13.8 Å². The Hall–Kier alpha value is -1.48. The van der Waals surface area contributed by atoms with E-state index in [4.69, 9.17) is 11.6 Å². The van der Waals surface area contributed by atoms with Crippen LogP contribution in [0.3, 0.4) is 0 Å². The third-order valence-electron chi connectivity index (χ3n) is 3.40. The summed E-state index contributed by atoms with van der Waals surface area (Å²) >= 11 is 6.21. The third-order valence-corrected chi connectivity index (χ3v) is 3.70. The Bertz CT molecular complexity index is 502. The molecule has 1 heterocycles. The average molecular weight is 279 g/mol. The minimum atomic E-state index is -0.0919. The number of hydrogen-bond acceptors (Lipinski definition) is 1. The van der Waals surface area contributed by atoms with Gasteiger partial charge < -0.3 is 10.2 Å². The largest absolute Gasteiger partial charge is 0.322 e. The molecule has 1 aliphatic heterocycles. The summed E-state index contributed by atoms with van der Waals surface area (Å²) in [6.45, 7) is 6.67. The zero-order valence-corrected chi connectivity index (χ0v) is 12.3. The van der Waals surface area contributed by atoms with Crippen molar-refractivity contribution in [3.8, 4) is 0 Å². The van der Waals surface area contributed by atoms with Crippen LogP contribution < -0.4 is 5.32 Å². The second-order valence-electron chi connectivity index (χ2n) is 4.92. The molecule has 1 aliphatic rings. The molecule has 0 spiro atoms. The monoisotopic (exact) mass is 278 g/mol. The molecule has 1 atom stereocenters. The maximum absolute atomic E-state index is 12.3. The van der Waals surface area contributed by atoms with E-state index in [0.29, 0.717) is 17.3 Å². The number of benzene rings is 1. The smallest absolute Gasteiger partial charge is 0.314 e. The van der Waals surface area contributed by atoms with Crippen LogP contribution in [0.5, 0.6) is 0 Å². The van der Waals surface area contributed by atoms with Crippen LogP contribution >= 0.6 is 11.6 Å². The van der Waals surface area contributed by atoms with Gasteiger partial charge in [-0.1, -0.05) is 36.7 Å². The lowest BCUT2D eigenvalue weighted by molar-refractivity contribution is 0.209. The summed E-state index contributed by atoms with van der Waals surface area (Å²) in [7, 11) is 0. The minimum absolute atomic E-state index is 0.0919. The molecule has 0 saturated carbocycles. The van der Waals surface area contributed by atoms with Crippen molar-refractivity contribution in [1.29, 1.82) is 0 Å². The summed E-state index contributed by atoms with van der Waals surface area (Å²) < 4.78 is 0. The molecule has 2 amide bonds. The third kappa shape index (κ3) is 2.92. The topological polar surface area (TPSA) is 32.3 Å². The highest BCUT2D eigenvalue weighted by Gasteiger charge is 2.24. The number of amides is 2. The number of aryl methyl sites for hydroxylation is 2. The van der Waals surface area contributed by atoms with Gasteiger partial charge in [0, 0.05) is 6.54 Å². The fraction of sp³-hybridized carbons (Fsp3) is 0.400. The second-order valence-corrected chi connectivity index (χ2v) is 5.33. The number of anilines is 1. The van der Waals surface area contributed by atoms with Crippen molar-refractivity contribution in [3.05, 3.63) is 40.4 Å². The van der Waals surface area contributed by atoms with E-state index in [0.717, 1.165) is 17.5 Å². The van der Waals surface area contributed by atoms with Gasteiger partial charge in [-0.05, 0) is 37.5 Å². The van der Waals surface area contributed by atoms with Gasteiger partial charge >= 0.3 is 6.03 Å². The molecule has 3 nitrogen and oxygen atoms in total. The molecule has 0 unspecified atom stereocenters. The first-order valence-electron chi connectivity index (χ1n) is 6.54. The summed E-state index contributed by atoms with van der Waals surface area (Å²) in [6, 6.07) is 3.97. The van der Waals surface area contributed by atoms with Crippen molar-refractivity contribution < 1.29 is 4.79 Å². The van der Waals surface area contributed by atoms with Gasteiger partial charge in [-0.2, -0.15) is 0 Å². The molecule has 1 N–H and O–H groups in total. The maximum Gasteiger partial charge on any atom is 0.322 e. The van der Waals surface area contributed by atoms with Crippen LogP contribution in [0.15, 0.2) is 24.3 Å². The van der Waals surface area contributed by atoms with E-state index >= 15 is 0 Å². The highest BCUT2D eigenvalue weighted by atomic mass is 35.5. The van der Waals surface area contributed by atoms with E-state index in [9.17, 15) is 4.79 Å². The van der Waals surface area contributed by atoms with Crippen molar-refractivity contribution >= 4 is 23.3 Å². The Morgan fingerprint density at radius 2 is 2.21 bits per heavy atom. The number of rotatable bonds is 2. The molecule has 0 bridgehead atoms. The average Bonchev–Trinajstić information content (AvgIpc) is 2.81. The first-order valence-corrected chi connectivity index (χ1v) is 6.91. The number of hydrogen-bond donors (Lipinski definition) is 1. The van der Waals surface area contributed by atoms with Crippen molar-refractivity contribution in [2.75, 3.05) is 11.9 Å². The number of carbonyl (C=O) groups excluding carboxylic acids is 1. The van der Waals surface area contributed by atoms with Crippen molar-refractivity contribution in [1.82, 2.24) is 4.90 Å². The summed E-state index contributed by atoms with van der Waals surface area (Å²) in [4.78, 5) is 14.1. The lowest BCUT2D eigenvalue weighted by atomic mass is 10.1. The fourth-order valence-electron chi connectivity index (χ4n) is 2.41. The standard InChI is InChI=1S/C15H19ClN2O/c1-4-12-6-5-7-18(12)15(19)17-14-11(3)8-10(2)9-13(14)16/h5-6,8-9,12H,4,7H2,1-3H3,(H,17,19)/t12-/m1/s1. The Morgan fingerprint density at radius 3 is 2.84 bits per heavy atom. The molecule has 102 valence electrons. The predicted molar refractivity (Wildman–Crippen MR) is 79.9 cm³/mol. The molecule has 0 fully saturated rings. The summed E-state index contributed by atoms with van der Waals surface area (Å²) in [5.74, 6) is 0. The Balaban J connectivity index is 2.16. The number of urea groups is 1. The van der Waals surface area contributed by atoms with Crippen LogP contribution in [0.25, 0.3) is 0 Å². The van der Waals surface area contributed by atoms with E-state index in [1.807, 2.05) is 37.0 Å². The highest BCUT2D eigenvalue weighted by Crippen LogP contribution is 2.28. The summed E-state index contributed by atoms with van der Waals surface area (Å²) in [5.41, 5.74) is 2.78. The van der Waals surface area contributed by atoms with Crippen LogP contribution in [0.1, 0.15) is 24.5 Å². The molecular weight excluding hydrogens is 260 g/mol.